The molecule has 5 heteroatoms. The van der Waals surface area contributed by atoms with Gasteiger partial charge in [0.05, 0.1) is 16.8 Å². The summed E-state index contributed by atoms with van der Waals surface area (Å²) in [7, 11) is 1.77. The first-order valence-corrected chi connectivity index (χ1v) is 6.34. The molecular weight excluding hydrogens is 206 g/mol. The number of hydrogen-bond donors (Lipinski definition) is 1. The molecule has 0 aliphatic carbocycles. The first-order valence-electron chi connectivity index (χ1n) is 3.73. The maximum Gasteiger partial charge on any atom is 0.223 e. The fourth-order valence-electron chi connectivity index (χ4n) is 0.972. The van der Waals surface area contributed by atoms with Gasteiger partial charge in [0, 0.05) is 7.05 Å². The van der Waals surface area contributed by atoms with Crippen LogP contribution in [0.15, 0.2) is 11.4 Å². The predicted molar refractivity (Wildman–Crippen MR) is 57.1 cm³/mol. The lowest BCUT2D eigenvalue weighted by Gasteiger charge is -2.04. The van der Waals surface area contributed by atoms with Gasteiger partial charge in [0.1, 0.15) is 0 Å². The summed E-state index contributed by atoms with van der Waals surface area (Å²) in [6, 6.07) is 1.84. The molecule has 1 atom stereocenters. The van der Waals surface area contributed by atoms with Gasteiger partial charge in [0.2, 0.25) is 5.78 Å². The van der Waals surface area contributed by atoms with E-state index in [0.29, 0.717) is 4.88 Å². The summed E-state index contributed by atoms with van der Waals surface area (Å²) in [5.41, 5.74) is 0.820. The molecule has 0 saturated carbocycles. The SMILES string of the molecule is CNc1ccsc1C(=O)C[S+](C)[O-]. The van der Waals surface area contributed by atoms with E-state index in [1.165, 1.54) is 17.6 Å². The number of hydrogen-bond acceptors (Lipinski definition) is 4. The Morgan fingerprint density at radius 3 is 3.00 bits per heavy atom. The Morgan fingerprint density at radius 1 is 1.77 bits per heavy atom. The summed E-state index contributed by atoms with van der Waals surface area (Å²) in [6.45, 7) is 0. The number of Topliss-reactive ketones (excluding diaryl/α,β-unsaturated/α-hetero) is 1. The lowest BCUT2D eigenvalue weighted by atomic mass is 10.3. The van der Waals surface area contributed by atoms with Crippen LogP contribution >= 0.6 is 11.3 Å². The monoisotopic (exact) mass is 217 g/mol. The average Bonchev–Trinajstić information content (AvgIpc) is 2.49. The molecule has 72 valence electrons. The fourth-order valence-corrected chi connectivity index (χ4v) is 2.42. The minimum atomic E-state index is -1.06. The van der Waals surface area contributed by atoms with Crippen molar-refractivity contribution in [3.63, 3.8) is 0 Å². The summed E-state index contributed by atoms with van der Waals surface area (Å²) in [5.74, 6) is 0.0510. The van der Waals surface area contributed by atoms with E-state index in [9.17, 15) is 9.35 Å². The molecule has 1 rings (SSSR count). The normalized spacial score (nSPS) is 12.5. The number of thiophene rings is 1. The van der Waals surface area contributed by atoms with Crippen LogP contribution in [0.25, 0.3) is 0 Å². The van der Waals surface area contributed by atoms with Gasteiger partial charge in [-0.25, -0.2) is 0 Å². The van der Waals surface area contributed by atoms with Crippen LogP contribution in [0.1, 0.15) is 9.67 Å². The van der Waals surface area contributed by atoms with Crippen molar-refractivity contribution >= 4 is 34.0 Å². The number of carbonyl (C=O) groups is 1. The van der Waals surface area contributed by atoms with E-state index in [1.54, 1.807) is 7.05 Å². The van der Waals surface area contributed by atoms with Gasteiger partial charge in [-0.05, 0) is 22.6 Å². The number of nitrogens with one attached hydrogen (secondary N) is 1. The molecule has 0 saturated heterocycles. The van der Waals surface area contributed by atoms with Crippen molar-refractivity contribution in [3.8, 4) is 0 Å². The number of anilines is 1. The molecule has 13 heavy (non-hydrogen) atoms. The maximum atomic E-state index is 11.5. The molecule has 1 aromatic rings. The molecule has 1 unspecified atom stereocenters. The lowest BCUT2D eigenvalue weighted by molar-refractivity contribution is 0.102. The smallest absolute Gasteiger partial charge is 0.223 e. The molecule has 0 aliphatic heterocycles. The van der Waals surface area contributed by atoms with E-state index in [1.807, 2.05) is 11.4 Å². The molecule has 0 spiro atoms. The van der Waals surface area contributed by atoms with Crippen LogP contribution in [0.3, 0.4) is 0 Å². The number of ketones is 1. The molecule has 0 radical (unpaired) electrons. The van der Waals surface area contributed by atoms with Gasteiger partial charge in [-0.2, -0.15) is 0 Å². The standard InChI is InChI=1S/C8H11NO2S2/c1-9-6-3-4-12-8(6)7(10)5-13(2)11/h3-4,9H,5H2,1-2H3. The third kappa shape index (κ3) is 2.72. The quantitative estimate of drug-likeness (QED) is 0.612. The largest absolute Gasteiger partial charge is 0.616 e. The highest BCUT2D eigenvalue weighted by Gasteiger charge is 2.16. The predicted octanol–water partition coefficient (Wildman–Crippen LogP) is 1.35. The van der Waals surface area contributed by atoms with Crippen molar-refractivity contribution in [2.24, 2.45) is 0 Å². The van der Waals surface area contributed by atoms with Gasteiger partial charge in [0.25, 0.3) is 0 Å². The van der Waals surface area contributed by atoms with Crippen molar-refractivity contribution in [1.82, 2.24) is 0 Å². The van der Waals surface area contributed by atoms with E-state index in [-0.39, 0.29) is 11.5 Å². The van der Waals surface area contributed by atoms with Crippen LogP contribution in [0, 0.1) is 0 Å². The van der Waals surface area contributed by atoms with Crippen LogP contribution < -0.4 is 5.32 Å². The first kappa shape index (κ1) is 10.6. The summed E-state index contributed by atoms with van der Waals surface area (Å²) >= 11 is 0.317. The van der Waals surface area contributed by atoms with Crippen LogP contribution in [0.4, 0.5) is 5.69 Å². The second-order valence-corrected chi connectivity index (χ2v) is 4.91. The highest BCUT2D eigenvalue weighted by Crippen LogP contribution is 2.22. The zero-order valence-corrected chi connectivity index (χ0v) is 9.13. The molecule has 0 amide bonds. The van der Waals surface area contributed by atoms with Crippen LogP contribution in [0.5, 0.6) is 0 Å². The van der Waals surface area contributed by atoms with Gasteiger partial charge < -0.3 is 9.87 Å². The number of rotatable bonds is 4. The van der Waals surface area contributed by atoms with Crippen molar-refractivity contribution in [1.29, 1.82) is 0 Å². The van der Waals surface area contributed by atoms with Gasteiger partial charge in [-0.15, -0.1) is 11.3 Å². The minimum absolute atomic E-state index is 0.0554. The van der Waals surface area contributed by atoms with Crippen molar-refractivity contribution in [2.75, 3.05) is 24.4 Å². The Balaban J connectivity index is 2.76. The Kier molecular flexibility index (Phi) is 3.77. The molecule has 0 fully saturated rings. The Morgan fingerprint density at radius 2 is 2.46 bits per heavy atom. The lowest BCUT2D eigenvalue weighted by Crippen LogP contribution is -2.14. The summed E-state index contributed by atoms with van der Waals surface area (Å²) in [4.78, 5) is 12.1. The molecule has 0 aliphatic rings. The second-order valence-electron chi connectivity index (χ2n) is 2.55. The molecule has 1 N–H and O–H groups in total. The average molecular weight is 217 g/mol. The molecule has 3 nitrogen and oxygen atoms in total. The van der Waals surface area contributed by atoms with E-state index in [0.717, 1.165) is 5.69 Å². The summed E-state index contributed by atoms with van der Waals surface area (Å²) < 4.78 is 10.8. The first-order chi connectivity index (χ1) is 6.15. The minimum Gasteiger partial charge on any atom is -0.616 e. The molecule has 0 aromatic carbocycles. The summed E-state index contributed by atoms with van der Waals surface area (Å²) in [5, 5.41) is 4.77. The zero-order chi connectivity index (χ0) is 9.84. The van der Waals surface area contributed by atoms with Gasteiger partial charge in [-0.1, -0.05) is 0 Å². The van der Waals surface area contributed by atoms with Gasteiger partial charge in [-0.3, -0.25) is 4.79 Å². The van der Waals surface area contributed by atoms with Gasteiger partial charge >= 0.3 is 0 Å². The van der Waals surface area contributed by atoms with Gasteiger partial charge in [0.15, 0.2) is 5.75 Å². The topological polar surface area (TPSA) is 52.2 Å². The van der Waals surface area contributed by atoms with Crippen LogP contribution in [-0.2, 0) is 11.2 Å². The van der Waals surface area contributed by atoms with Crippen molar-refractivity contribution in [3.05, 3.63) is 16.3 Å². The zero-order valence-electron chi connectivity index (χ0n) is 7.49. The van der Waals surface area contributed by atoms with Crippen molar-refractivity contribution in [2.45, 2.75) is 0 Å². The van der Waals surface area contributed by atoms with Crippen molar-refractivity contribution < 1.29 is 9.35 Å². The molecule has 1 heterocycles. The Hall–Kier alpha value is -0.520. The Labute approximate surface area is 84.3 Å². The molecule has 0 bridgehead atoms. The summed E-state index contributed by atoms with van der Waals surface area (Å²) in [6.07, 6.45) is 1.53. The third-order valence-corrected chi connectivity index (χ3v) is 3.15. The number of carbonyl (C=O) groups excluding carboxylic acids is 1. The molecule has 1 aromatic heterocycles. The van der Waals surface area contributed by atoms with Crippen LogP contribution in [0.2, 0.25) is 0 Å². The maximum absolute atomic E-state index is 11.5. The van der Waals surface area contributed by atoms with E-state index >= 15 is 0 Å². The fraction of sp³-hybridized carbons (Fsp3) is 0.375. The van der Waals surface area contributed by atoms with E-state index in [2.05, 4.69) is 5.32 Å². The van der Waals surface area contributed by atoms with E-state index < -0.39 is 11.2 Å². The third-order valence-electron chi connectivity index (χ3n) is 1.52. The van der Waals surface area contributed by atoms with E-state index in [4.69, 9.17) is 0 Å². The highest BCUT2D eigenvalue weighted by molar-refractivity contribution is 7.91. The Bertz CT molecular complexity index is 296. The molecular formula is C8H11NO2S2. The second kappa shape index (κ2) is 4.64. The van der Waals surface area contributed by atoms with Crippen LogP contribution in [-0.4, -0.2) is 29.4 Å². The highest BCUT2D eigenvalue weighted by atomic mass is 32.2.